The molecule has 1 amide bonds. The second kappa shape index (κ2) is 9.99. The molecular formula is C18H26FNO. The van der Waals surface area contributed by atoms with Gasteiger partial charge in [-0.2, -0.15) is 0 Å². The van der Waals surface area contributed by atoms with Gasteiger partial charge in [0.25, 0.3) is 0 Å². The zero-order valence-corrected chi connectivity index (χ0v) is 14.0. The first-order chi connectivity index (χ1) is 10.1. The van der Waals surface area contributed by atoms with Crippen molar-refractivity contribution in [2.45, 2.75) is 41.5 Å². The minimum atomic E-state index is -0.226. The molecule has 0 spiro atoms. The predicted octanol–water partition coefficient (Wildman–Crippen LogP) is 4.02. The Balaban J connectivity index is 0.000000921. The molecule has 1 aromatic carbocycles. The molecule has 1 fully saturated rings. The highest BCUT2D eigenvalue weighted by atomic mass is 19.1. The lowest BCUT2D eigenvalue weighted by molar-refractivity contribution is -0.133. The van der Waals surface area contributed by atoms with Gasteiger partial charge >= 0.3 is 0 Å². The number of hydrogen-bond acceptors (Lipinski definition) is 1. The van der Waals surface area contributed by atoms with Gasteiger partial charge in [0.1, 0.15) is 5.82 Å². The van der Waals surface area contributed by atoms with E-state index in [1.807, 2.05) is 33.8 Å². The van der Waals surface area contributed by atoms with Crippen LogP contribution in [-0.2, 0) is 4.79 Å². The van der Waals surface area contributed by atoms with Crippen LogP contribution in [0.2, 0.25) is 0 Å². The normalized spacial score (nSPS) is 12.6. The van der Waals surface area contributed by atoms with Gasteiger partial charge in [-0.25, -0.2) is 4.39 Å². The molecule has 0 bridgehead atoms. The Morgan fingerprint density at radius 3 is 2.29 bits per heavy atom. The summed E-state index contributed by atoms with van der Waals surface area (Å²) in [6.45, 7) is 12.7. The fourth-order valence-corrected chi connectivity index (χ4v) is 1.68. The summed E-state index contributed by atoms with van der Waals surface area (Å²) in [6, 6.07) is 4.98. The Hall–Kier alpha value is -1.82. The summed E-state index contributed by atoms with van der Waals surface area (Å²) in [5.41, 5.74) is 1.32. The molecule has 0 N–H and O–H groups in total. The Bertz CT molecular complexity index is 508. The number of carbonyl (C=O) groups is 1. The van der Waals surface area contributed by atoms with Crippen LogP contribution in [0.1, 0.15) is 45.7 Å². The van der Waals surface area contributed by atoms with Crippen molar-refractivity contribution in [1.82, 2.24) is 4.90 Å². The van der Waals surface area contributed by atoms with E-state index in [2.05, 4.69) is 11.8 Å². The van der Waals surface area contributed by atoms with Crippen molar-refractivity contribution in [2.24, 2.45) is 5.92 Å². The number of rotatable bonds is 0. The number of amides is 1. The quantitative estimate of drug-likeness (QED) is 0.661. The molecule has 0 aliphatic carbocycles. The SMILES string of the molecule is CC.CC.CC(=O)N1CC(C#Cc2ccc(C)c(F)c2)C1. The summed E-state index contributed by atoms with van der Waals surface area (Å²) < 4.78 is 13.2. The Kier molecular flexibility index (Phi) is 9.12. The number of benzene rings is 1. The van der Waals surface area contributed by atoms with Gasteiger partial charge in [0.05, 0.1) is 5.92 Å². The zero-order chi connectivity index (χ0) is 16.4. The van der Waals surface area contributed by atoms with Crippen LogP contribution in [0.5, 0.6) is 0 Å². The van der Waals surface area contributed by atoms with E-state index in [1.165, 1.54) is 6.07 Å². The maximum Gasteiger partial charge on any atom is 0.219 e. The second-order valence-corrected chi connectivity index (χ2v) is 4.35. The summed E-state index contributed by atoms with van der Waals surface area (Å²) >= 11 is 0. The fourth-order valence-electron chi connectivity index (χ4n) is 1.68. The van der Waals surface area contributed by atoms with Gasteiger partial charge in [-0.3, -0.25) is 4.79 Å². The van der Waals surface area contributed by atoms with E-state index in [0.29, 0.717) is 24.2 Å². The minimum absolute atomic E-state index is 0.0874. The molecule has 2 rings (SSSR count). The number of nitrogens with zero attached hydrogens (tertiary/aromatic N) is 1. The average Bonchev–Trinajstić information content (AvgIpc) is 2.45. The third-order valence-electron chi connectivity index (χ3n) is 2.92. The first kappa shape index (κ1) is 19.2. The van der Waals surface area contributed by atoms with Crippen molar-refractivity contribution < 1.29 is 9.18 Å². The first-order valence-electron chi connectivity index (χ1n) is 7.59. The Morgan fingerprint density at radius 1 is 1.24 bits per heavy atom. The van der Waals surface area contributed by atoms with Gasteiger partial charge in [-0.15, -0.1) is 0 Å². The summed E-state index contributed by atoms with van der Waals surface area (Å²) in [6.07, 6.45) is 0. The highest BCUT2D eigenvalue weighted by molar-refractivity contribution is 5.74. The maximum absolute atomic E-state index is 13.2. The summed E-state index contributed by atoms with van der Waals surface area (Å²) in [5, 5.41) is 0. The van der Waals surface area contributed by atoms with E-state index in [1.54, 1.807) is 24.8 Å². The molecule has 1 aromatic rings. The molecular weight excluding hydrogens is 265 g/mol. The number of halogens is 1. The van der Waals surface area contributed by atoms with Gasteiger partial charge in [-0.05, 0) is 24.6 Å². The van der Waals surface area contributed by atoms with Crippen molar-refractivity contribution in [3.8, 4) is 11.8 Å². The van der Waals surface area contributed by atoms with Gasteiger partial charge < -0.3 is 4.90 Å². The van der Waals surface area contributed by atoms with Crippen LogP contribution >= 0.6 is 0 Å². The molecule has 1 aliphatic heterocycles. The third-order valence-corrected chi connectivity index (χ3v) is 2.92. The van der Waals surface area contributed by atoms with Crippen LogP contribution in [-0.4, -0.2) is 23.9 Å². The van der Waals surface area contributed by atoms with E-state index in [4.69, 9.17) is 0 Å². The lowest BCUT2D eigenvalue weighted by Crippen LogP contribution is -2.48. The molecule has 116 valence electrons. The Labute approximate surface area is 128 Å². The fraction of sp³-hybridized carbons (Fsp3) is 0.500. The summed E-state index contributed by atoms with van der Waals surface area (Å²) in [5.74, 6) is 6.09. The molecule has 3 heteroatoms. The van der Waals surface area contributed by atoms with Crippen LogP contribution in [0.25, 0.3) is 0 Å². The van der Waals surface area contributed by atoms with Gasteiger partial charge in [0.15, 0.2) is 0 Å². The largest absolute Gasteiger partial charge is 0.340 e. The van der Waals surface area contributed by atoms with Crippen molar-refractivity contribution in [3.63, 3.8) is 0 Å². The molecule has 0 aromatic heterocycles. The summed E-state index contributed by atoms with van der Waals surface area (Å²) in [7, 11) is 0. The molecule has 0 saturated carbocycles. The molecule has 0 atom stereocenters. The molecule has 0 unspecified atom stereocenters. The van der Waals surface area contributed by atoms with Crippen molar-refractivity contribution in [2.75, 3.05) is 13.1 Å². The third kappa shape index (κ3) is 5.99. The van der Waals surface area contributed by atoms with E-state index in [0.717, 1.165) is 0 Å². The highest BCUT2D eigenvalue weighted by Crippen LogP contribution is 2.14. The first-order valence-corrected chi connectivity index (χ1v) is 7.59. The van der Waals surface area contributed by atoms with E-state index < -0.39 is 0 Å². The van der Waals surface area contributed by atoms with E-state index in [9.17, 15) is 9.18 Å². The van der Waals surface area contributed by atoms with Crippen molar-refractivity contribution in [3.05, 3.63) is 35.1 Å². The topological polar surface area (TPSA) is 20.3 Å². The highest BCUT2D eigenvalue weighted by Gasteiger charge is 2.26. The molecule has 1 heterocycles. The second-order valence-electron chi connectivity index (χ2n) is 4.35. The Morgan fingerprint density at radius 2 is 1.81 bits per heavy atom. The van der Waals surface area contributed by atoms with Crippen LogP contribution in [0.3, 0.4) is 0 Å². The smallest absolute Gasteiger partial charge is 0.219 e. The lowest BCUT2D eigenvalue weighted by Gasteiger charge is -2.35. The van der Waals surface area contributed by atoms with E-state index >= 15 is 0 Å². The lowest BCUT2D eigenvalue weighted by atomic mass is 10.0. The number of aryl methyl sites for hydroxylation is 1. The van der Waals surface area contributed by atoms with Crippen molar-refractivity contribution >= 4 is 5.91 Å². The number of hydrogen-bond donors (Lipinski definition) is 0. The molecule has 1 aliphatic rings. The standard InChI is InChI=1S/C14H14FNO.2C2H6/c1-10-3-4-12(7-14(10)15)5-6-13-8-16(9-13)11(2)17;2*1-2/h3-4,7,13H,8-9H2,1-2H3;2*1-2H3. The molecule has 1 saturated heterocycles. The van der Waals surface area contributed by atoms with Gasteiger partial charge in [0.2, 0.25) is 5.91 Å². The number of carbonyl (C=O) groups excluding carboxylic acids is 1. The predicted molar refractivity (Wildman–Crippen MR) is 86.5 cm³/mol. The van der Waals surface area contributed by atoms with Crippen LogP contribution < -0.4 is 0 Å². The van der Waals surface area contributed by atoms with Gasteiger partial charge in [-0.1, -0.05) is 45.6 Å². The van der Waals surface area contributed by atoms with E-state index in [-0.39, 0.29) is 17.6 Å². The average molecular weight is 291 g/mol. The van der Waals surface area contributed by atoms with Crippen LogP contribution in [0, 0.1) is 30.5 Å². The molecule has 0 radical (unpaired) electrons. The molecule has 21 heavy (non-hydrogen) atoms. The van der Waals surface area contributed by atoms with Crippen LogP contribution in [0.15, 0.2) is 18.2 Å². The van der Waals surface area contributed by atoms with Gasteiger partial charge in [0, 0.05) is 25.6 Å². The van der Waals surface area contributed by atoms with Crippen LogP contribution in [0.4, 0.5) is 4.39 Å². The number of likely N-dealkylation sites (tertiary alicyclic amines) is 1. The summed E-state index contributed by atoms with van der Waals surface area (Å²) in [4.78, 5) is 12.7. The van der Waals surface area contributed by atoms with Crippen molar-refractivity contribution in [1.29, 1.82) is 0 Å². The maximum atomic E-state index is 13.2. The monoisotopic (exact) mass is 291 g/mol. The minimum Gasteiger partial charge on any atom is -0.340 e. The zero-order valence-electron chi connectivity index (χ0n) is 14.0. The molecule has 2 nitrogen and oxygen atoms in total.